The maximum Gasteiger partial charge on any atom is 0.215 e. The van der Waals surface area contributed by atoms with Gasteiger partial charge in [-0.15, -0.1) is 0 Å². The molecule has 0 unspecified atom stereocenters. The van der Waals surface area contributed by atoms with Gasteiger partial charge in [-0.1, -0.05) is 0 Å². The van der Waals surface area contributed by atoms with Crippen molar-refractivity contribution in [3.05, 3.63) is 23.8 Å². The van der Waals surface area contributed by atoms with Gasteiger partial charge >= 0.3 is 0 Å². The van der Waals surface area contributed by atoms with Crippen LogP contribution in [0.5, 0.6) is 0 Å². The molecule has 0 aromatic carbocycles. The predicted molar refractivity (Wildman–Crippen MR) is 61.1 cm³/mol. The van der Waals surface area contributed by atoms with Crippen LogP contribution in [0.25, 0.3) is 0 Å². The Bertz CT molecular complexity index is 407. The summed E-state index contributed by atoms with van der Waals surface area (Å²) >= 11 is 0. The van der Waals surface area contributed by atoms with E-state index in [4.69, 9.17) is 0 Å². The molecular formula is C12H16FN3. The van der Waals surface area contributed by atoms with Crippen molar-refractivity contribution in [2.24, 2.45) is 0 Å². The molecule has 1 aromatic heterocycles. The number of halogens is 1. The van der Waals surface area contributed by atoms with E-state index >= 15 is 0 Å². The Morgan fingerprint density at radius 3 is 3.25 bits per heavy atom. The highest BCUT2D eigenvalue weighted by Gasteiger charge is 2.33. The van der Waals surface area contributed by atoms with Gasteiger partial charge in [0.15, 0.2) is 0 Å². The zero-order chi connectivity index (χ0) is 11.1. The number of hydrogen-bond donors (Lipinski definition) is 1. The number of nitrogens with one attached hydrogen (secondary N) is 1. The lowest BCUT2D eigenvalue weighted by Crippen LogP contribution is -2.40. The third kappa shape index (κ3) is 1.57. The van der Waals surface area contributed by atoms with Crippen LogP contribution in [0.1, 0.15) is 18.4 Å². The summed E-state index contributed by atoms with van der Waals surface area (Å²) in [6, 6.07) is 3.15. The molecule has 0 saturated carbocycles. The lowest BCUT2D eigenvalue weighted by molar-refractivity contribution is 0.488. The number of pyridine rings is 1. The minimum absolute atomic E-state index is 0.358. The van der Waals surface area contributed by atoms with E-state index in [-0.39, 0.29) is 5.95 Å². The number of nitrogens with zero attached hydrogens (tertiary/aromatic N) is 2. The van der Waals surface area contributed by atoms with Crippen molar-refractivity contribution in [1.82, 2.24) is 10.3 Å². The molecular weight excluding hydrogens is 205 g/mol. The molecule has 2 aliphatic rings. The van der Waals surface area contributed by atoms with E-state index in [0.717, 1.165) is 18.8 Å². The van der Waals surface area contributed by atoms with Crippen LogP contribution < -0.4 is 10.2 Å². The second kappa shape index (κ2) is 3.70. The Morgan fingerprint density at radius 1 is 1.56 bits per heavy atom. The van der Waals surface area contributed by atoms with E-state index in [1.165, 1.54) is 12.8 Å². The molecule has 2 atom stereocenters. The molecule has 16 heavy (non-hydrogen) atoms. The summed E-state index contributed by atoms with van der Waals surface area (Å²) in [6.07, 6.45) is 4.03. The summed E-state index contributed by atoms with van der Waals surface area (Å²) in [7, 11) is 0. The molecule has 0 spiro atoms. The first-order valence-corrected chi connectivity index (χ1v) is 5.86. The second-order valence-electron chi connectivity index (χ2n) is 4.78. The van der Waals surface area contributed by atoms with Crippen LogP contribution in [-0.4, -0.2) is 30.2 Å². The van der Waals surface area contributed by atoms with Crippen LogP contribution in [0.15, 0.2) is 12.3 Å². The molecule has 3 heterocycles. The van der Waals surface area contributed by atoms with Gasteiger partial charge in [0, 0.05) is 30.7 Å². The lowest BCUT2D eigenvalue weighted by atomic mass is 10.0. The van der Waals surface area contributed by atoms with Crippen LogP contribution in [0.2, 0.25) is 0 Å². The molecule has 1 N–H and O–H groups in total. The molecule has 0 amide bonds. The molecule has 86 valence electrons. The van der Waals surface area contributed by atoms with Gasteiger partial charge in [0.1, 0.15) is 0 Å². The third-order valence-corrected chi connectivity index (χ3v) is 3.69. The van der Waals surface area contributed by atoms with Crippen LogP contribution in [0.4, 0.5) is 10.1 Å². The quantitative estimate of drug-likeness (QED) is 0.728. The van der Waals surface area contributed by atoms with Gasteiger partial charge < -0.3 is 10.2 Å². The molecule has 3 rings (SSSR count). The van der Waals surface area contributed by atoms with E-state index in [2.05, 4.69) is 15.2 Å². The van der Waals surface area contributed by atoms with Crippen LogP contribution in [0, 0.1) is 12.9 Å². The highest BCUT2D eigenvalue weighted by Crippen LogP contribution is 2.28. The third-order valence-electron chi connectivity index (χ3n) is 3.69. The lowest BCUT2D eigenvalue weighted by Gasteiger charge is -2.34. The Balaban J connectivity index is 1.88. The maximum atomic E-state index is 13.1. The number of fused-ring (bicyclic) bond motifs is 2. The summed E-state index contributed by atoms with van der Waals surface area (Å²) in [6.45, 7) is 3.86. The zero-order valence-electron chi connectivity index (χ0n) is 9.41. The van der Waals surface area contributed by atoms with Gasteiger partial charge in [0.2, 0.25) is 5.95 Å². The van der Waals surface area contributed by atoms with Crippen molar-refractivity contribution < 1.29 is 4.39 Å². The topological polar surface area (TPSA) is 28.2 Å². The maximum absolute atomic E-state index is 13.1. The fourth-order valence-electron chi connectivity index (χ4n) is 2.77. The molecule has 2 fully saturated rings. The Hall–Kier alpha value is -1.16. The molecule has 2 aliphatic heterocycles. The second-order valence-corrected chi connectivity index (χ2v) is 4.78. The number of piperidine rings is 1. The molecule has 1 aromatic rings. The van der Waals surface area contributed by atoms with Gasteiger partial charge in [0.25, 0.3) is 0 Å². The summed E-state index contributed by atoms with van der Waals surface area (Å²) in [5.41, 5.74) is 1.69. The molecule has 2 bridgehead atoms. The molecule has 0 aliphatic carbocycles. The van der Waals surface area contributed by atoms with E-state index in [1.807, 2.05) is 6.07 Å². The summed E-state index contributed by atoms with van der Waals surface area (Å²) in [5, 5.41) is 3.51. The molecule has 3 nitrogen and oxygen atoms in total. The largest absolute Gasteiger partial charge is 0.366 e. The summed E-state index contributed by atoms with van der Waals surface area (Å²) in [5.74, 6) is -0.358. The minimum Gasteiger partial charge on any atom is -0.366 e. The highest BCUT2D eigenvalue weighted by molar-refractivity contribution is 5.48. The van der Waals surface area contributed by atoms with E-state index in [1.54, 1.807) is 13.1 Å². The number of hydrogen-bond acceptors (Lipinski definition) is 3. The number of aryl methyl sites for hydroxylation is 1. The fraction of sp³-hybridized carbons (Fsp3) is 0.583. The van der Waals surface area contributed by atoms with Gasteiger partial charge in [0.05, 0.1) is 11.9 Å². The Kier molecular flexibility index (Phi) is 2.32. The number of anilines is 1. The SMILES string of the molecule is Cc1cc(N2CC[C@@H]3C[C@H]2CN3)cnc1F. The number of aromatic nitrogens is 1. The Labute approximate surface area is 94.7 Å². The van der Waals surface area contributed by atoms with Crippen molar-refractivity contribution in [3.8, 4) is 0 Å². The minimum atomic E-state index is -0.358. The first-order chi connectivity index (χ1) is 7.74. The van der Waals surface area contributed by atoms with E-state index < -0.39 is 0 Å². The van der Waals surface area contributed by atoms with Gasteiger partial charge in [-0.3, -0.25) is 0 Å². The van der Waals surface area contributed by atoms with Gasteiger partial charge in [-0.25, -0.2) is 4.98 Å². The smallest absolute Gasteiger partial charge is 0.215 e. The van der Waals surface area contributed by atoms with Crippen LogP contribution >= 0.6 is 0 Å². The molecule has 0 radical (unpaired) electrons. The van der Waals surface area contributed by atoms with Crippen molar-refractivity contribution in [2.75, 3.05) is 18.0 Å². The summed E-state index contributed by atoms with van der Waals surface area (Å²) < 4.78 is 13.1. The average Bonchev–Trinajstić information content (AvgIpc) is 2.65. The van der Waals surface area contributed by atoms with Gasteiger partial charge in [-0.2, -0.15) is 4.39 Å². The first kappa shape index (κ1) is 10.0. The Morgan fingerprint density at radius 2 is 2.44 bits per heavy atom. The first-order valence-electron chi connectivity index (χ1n) is 5.86. The number of rotatable bonds is 1. The van der Waals surface area contributed by atoms with E-state index in [9.17, 15) is 4.39 Å². The zero-order valence-corrected chi connectivity index (χ0v) is 9.41. The molecule has 4 heteroatoms. The van der Waals surface area contributed by atoms with Crippen molar-refractivity contribution in [1.29, 1.82) is 0 Å². The van der Waals surface area contributed by atoms with E-state index in [0.29, 0.717) is 17.6 Å². The monoisotopic (exact) mass is 221 g/mol. The standard InChI is InChI=1S/C12H16FN3/c1-8-4-10(7-15-12(8)13)16-3-2-9-5-11(16)6-14-9/h4,7,9,11,14H,2-3,5-6H2,1H3/t9-,11+/m1/s1. The van der Waals surface area contributed by atoms with Crippen molar-refractivity contribution in [3.63, 3.8) is 0 Å². The van der Waals surface area contributed by atoms with Crippen molar-refractivity contribution >= 4 is 5.69 Å². The summed E-state index contributed by atoms with van der Waals surface area (Å²) in [4.78, 5) is 6.16. The van der Waals surface area contributed by atoms with Crippen LogP contribution in [-0.2, 0) is 0 Å². The average molecular weight is 221 g/mol. The predicted octanol–water partition coefficient (Wildman–Crippen LogP) is 1.47. The molecule has 2 saturated heterocycles. The van der Waals surface area contributed by atoms with Gasteiger partial charge in [-0.05, 0) is 25.8 Å². The fourth-order valence-corrected chi connectivity index (χ4v) is 2.77. The normalized spacial score (nSPS) is 28.5. The highest BCUT2D eigenvalue weighted by atomic mass is 19.1. The van der Waals surface area contributed by atoms with Crippen molar-refractivity contribution in [2.45, 2.75) is 31.8 Å². The van der Waals surface area contributed by atoms with Crippen LogP contribution in [0.3, 0.4) is 0 Å².